The van der Waals surface area contributed by atoms with Crippen LogP contribution in [0.2, 0.25) is 0 Å². The number of rotatable bonds is 5. The number of piperazine rings is 1. The number of aryl methyl sites for hydroxylation is 1. The zero-order valence-electron chi connectivity index (χ0n) is 19.4. The number of carbonyl (C=O) groups excluding carboxylic acids is 2. The van der Waals surface area contributed by atoms with Gasteiger partial charge in [-0.1, -0.05) is 48.0 Å². The number of nitrogens with zero attached hydrogens (tertiary/aromatic N) is 3. The fraction of sp³-hybridized carbons (Fsp3) is 0.214. The Kier molecular flexibility index (Phi) is 5.80. The minimum Gasteiger partial charge on any atom is -0.495 e. The normalized spacial score (nSPS) is 13.8. The number of benzene rings is 2. The van der Waals surface area contributed by atoms with E-state index in [4.69, 9.17) is 4.74 Å². The number of Topliss-reactive ketones (excluding diaryl/α,β-unsaturated/α-hetero) is 1. The van der Waals surface area contributed by atoms with Crippen molar-refractivity contribution in [3.8, 4) is 16.9 Å². The fourth-order valence-corrected chi connectivity index (χ4v) is 4.59. The highest BCUT2D eigenvalue weighted by Crippen LogP contribution is 2.30. The monoisotopic (exact) mass is 453 g/mol. The molecular weight excluding hydrogens is 426 g/mol. The number of carbonyl (C=O) groups is 2. The molecule has 2 aromatic heterocycles. The van der Waals surface area contributed by atoms with E-state index in [2.05, 4.69) is 4.90 Å². The number of anilines is 1. The van der Waals surface area contributed by atoms with Crippen LogP contribution in [0.25, 0.3) is 16.6 Å². The second kappa shape index (κ2) is 9.06. The highest BCUT2D eigenvalue weighted by atomic mass is 16.5. The second-order valence-corrected chi connectivity index (χ2v) is 8.55. The van der Waals surface area contributed by atoms with Gasteiger partial charge >= 0.3 is 0 Å². The Labute approximate surface area is 199 Å². The molecule has 6 heteroatoms. The van der Waals surface area contributed by atoms with Crippen molar-refractivity contribution in [2.24, 2.45) is 0 Å². The van der Waals surface area contributed by atoms with Crippen molar-refractivity contribution >= 4 is 22.9 Å². The lowest BCUT2D eigenvalue weighted by atomic mass is 10.0. The first-order chi connectivity index (χ1) is 16.6. The topological polar surface area (TPSA) is 54.3 Å². The van der Waals surface area contributed by atoms with Gasteiger partial charge in [0.2, 0.25) is 0 Å². The van der Waals surface area contributed by atoms with Gasteiger partial charge in [0.05, 0.1) is 12.8 Å². The van der Waals surface area contributed by atoms with Crippen LogP contribution in [0.1, 0.15) is 16.1 Å². The SMILES string of the molecule is COc1ccccc1N1CCN(C(=O)C(=O)c2c(-c3ccc(C)cc3)cc3ccccn23)CC1. The lowest BCUT2D eigenvalue weighted by Crippen LogP contribution is -2.50. The fourth-order valence-electron chi connectivity index (χ4n) is 4.59. The average molecular weight is 454 g/mol. The van der Waals surface area contributed by atoms with E-state index >= 15 is 0 Å². The summed E-state index contributed by atoms with van der Waals surface area (Å²) < 4.78 is 7.30. The average Bonchev–Trinajstić information content (AvgIpc) is 3.28. The Bertz CT molecular complexity index is 1350. The number of para-hydroxylation sites is 2. The largest absolute Gasteiger partial charge is 0.495 e. The van der Waals surface area contributed by atoms with E-state index in [0.29, 0.717) is 31.9 Å². The summed E-state index contributed by atoms with van der Waals surface area (Å²) >= 11 is 0. The molecule has 6 nitrogen and oxygen atoms in total. The molecule has 0 saturated carbocycles. The molecule has 0 bridgehead atoms. The van der Waals surface area contributed by atoms with Crippen molar-refractivity contribution in [1.82, 2.24) is 9.30 Å². The first-order valence-electron chi connectivity index (χ1n) is 11.5. The molecule has 172 valence electrons. The first kappa shape index (κ1) is 21.8. The number of amides is 1. The summed E-state index contributed by atoms with van der Waals surface area (Å²) in [6, 6.07) is 23.6. The van der Waals surface area contributed by atoms with Crippen LogP contribution < -0.4 is 9.64 Å². The van der Waals surface area contributed by atoms with Gasteiger partial charge in [-0.3, -0.25) is 9.59 Å². The Morgan fingerprint density at radius 3 is 2.29 bits per heavy atom. The maximum absolute atomic E-state index is 13.6. The predicted octanol–water partition coefficient (Wildman–Crippen LogP) is 4.45. The van der Waals surface area contributed by atoms with Crippen LogP contribution in [0, 0.1) is 6.92 Å². The number of ketones is 1. The van der Waals surface area contributed by atoms with Crippen molar-refractivity contribution in [2.45, 2.75) is 6.92 Å². The van der Waals surface area contributed by atoms with Gasteiger partial charge in [-0.15, -0.1) is 0 Å². The Morgan fingerprint density at radius 2 is 1.56 bits per heavy atom. The summed E-state index contributed by atoms with van der Waals surface area (Å²) in [6.45, 7) is 4.26. The van der Waals surface area contributed by atoms with Crippen molar-refractivity contribution in [3.05, 3.63) is 90.3 Å². The molecule has 3 heterocycles. The molecule has 4 aromatic rings. The zero-order valence-corrected chi connectivity index (χ0v) is 19.4. The van der Waals surface area contributed by atoms with E-state index in [0.717, 1.165) is 33.6 Å². The van der Waals surface area contributed by atoms with E-state index in [1.165, 1.54) is 0 Å². The van der Waals surface area contributed by atoms with Crippen molar-refractivity contribution in [2.75, 3.05) is 38.2 Å². The molecule has 0 N–H and O–H groups in total. The van der Waals surface area contributed by atoms with Gasteiger partial charge in [0.1, 0.15) is 11.4 Å². The number of fused-ring (bicyclic) bond motifs is 1. The van der Waals surface area contributed by atoms with Crippen LogP contribution in [0.15, 0.2) is 79.0 Å². The summed E-state index contributed by atoms with van der Waals surface area (Å²) in [4.78, 5) is 30.8. The van der Waals surface area contributed by atoms with Gasteiger partial charge in [0.15, 0.2) is 0 Å². The van der Waals surface area contributed by atoms with Gasteiger partial charge in [-0.2, -0.15) is 0 Å². The van der Waals surface area contributed by atoms with Gasteiger partial charge < -0.3 is 18.9 Å². The molecule has 1 aliphatic heterocycles. The van der Waals surface area contributed by atoms with Crippen LogP contribution in [-0.4, -0.2) is 54.3 Å². The summed E-state index contributed by atoms with van der Waals surface area (Å²) in [5, 5.41) is 0. The lowest BCUT2D eigenvalue weighted by molar-refractivity contribution is -0.126. The highest BCUT2D eigenvalue weighted by molar-refractivity contribution is 6.43. The third kappa shape index (κ3) is 3.92. The van der Waals surface area contributed by atoms with Gasteiger partial charge in [0, 0.05) is 43.5 Å². The molecule has 1 amide bonds. The molecule has 0 aliphatic carbocycles. The summed E-state index contributed by atoms with van der Waals surface area (Å²) in [7, 11) is 1.66. The zero-order chi connectivity index (χ0) is 23.7. The molecule has 1 aliphatic rings. The standard InChI is InChI=1S/C28H27N3O3/c1-20-10-12-21(13-11-20)23-19-22-7-5-6-14-31(22)26(23)27(32)28(33)30-17-15-29(16-18-30)24-8-3-4-9-25(24)34-2/h3-14,19H,15-18H2,1-2H3. The lowest BCUT2D eigenvalue weighted by Gasteiger charge is -2.36. The van der Waals surface area contributed by atoms with E-state index in [1.807, 2.05) is 90.3 Å². The predicted molar refractivity (Wildman–Crippen MR) is 134 cm³/mol. The second-order valence-electron chi connectivity index (χ2n) is 8.55. The van der Waals surface area contributed by atoms with Crippen LogP contribution in [0.5, 0.6) is 5.75 Å². The van der Waals surface area contributed by atoms with E-state index in [1.54, 1.807) is 12.0 Å². The third-order valence-corrected chi connectivity index (χ3v) is 6.44. The molecule has 0 radical (unpaired) electrons. The molecular formula is C28H27N3O3. The maximum Gasteiger partial charge on any atom is 0.296 e. The Morgan fingerprint density at radius 1 is 0.853 bits per heavy atom. The number of ether oxygens (including phenoxy) is 1. The smallest absolute Gasteiger partial charge is 0.296 e. The minimum atomic E-state index is -0.479. The van der Waals surface area contributed by atoms with E-state index in [-0.39, 0.29) is 0 Å². The first-order valence-corrected chi connectivity index (χ1v) is 11.5. The van der Waals surface area contributed by atoms with Crippen molar-refractivity contribution < 1.29 is 14.3 Å². The summed E-state index contributed by atoms with van der Waals surface area (Å²) in [5.74, 6) is -0.134. The molecule has 0 atom stereocenters. The molecule has 2 aromatic carbocycles. The Hall–Kier alpha value is -4.06. The van der Waals surface area contributed by atoms with Crippen LogP contribution in [-0.2, 0) is 4.79 Å². The van der Waals surface area contributed by atoms with E-state index in [9.17, 15) is 9.59 Å². The number of aromatic nitrogens is 1. The number of hydrogen-bond acceptors (Lipinski definition) is 4. The minimum absolute atomic E-state index is 0.414. The van der Waals surface area contributed by atoms with Gasteiger partial charge in [0.25, 0.3) is 11.7 Å². The molecule has 5 rings (SSSR count). The van der Waals surface area contributed by atoms with E-state index < -0.39 is 11.7 Å². The molecule has 1 fully saturated rings. The number of methoxy groups -OCH3 is 1. The number of hydrogen-bond donors (Lipinski definition) is 0. The molecule has 0 unspecified atom stereocenters. The molecule has 34 heavy (non-hydrogen) atoms. The number of pyridine rings is 1. The third-order valence-electron chi connectivity index (χ3n) is 6.44. The van der Waals surface area contributed by atoms with Crippen molar-refractivity contribution in [3.63, 3.8) is 0 Å². The van der Waals surface area contributed by atoms with Gasteiger partial charge in [-0.25, -0.2) is 0 Å². The maximum atomic E-state index is 13.6. The highest BCUT2D eigenvalue weighted by Gasteiger charge is 2.31. The van der Waals surface area contributed by atoms with Crippen LogP contribution >= 0.6 is 0 Å². The molecule has 1 saturated heterocycles. The van der Waals surface area contributed by atoms with Crippen molar-refractivity contribution in [1.29, 1.82) is 0 Å². The quantitative estimate of drug-likeness (QED) is 0.331. The molecule has 0 spiro atoms. The summed E-state index contributed by atoms with van der Waals surface area (Å²) in [6.07, 6.45) is 1.84. The van der Waals surface area contributed by atoms with Gasteiger partial charge in [-0.05, 0) is 42.8 Å². The summed E-state index contributed by atoms with van der Waals surface area (Å²) in [5.41, 5.74) is 5.14. The van der Waals surface area contributed by atoms with Crippen LogP contribution in [0.4, 0.5) is 5.69 Å². The van der Waals surface area contributed by atoms with Crippen LogP contribution in [0.3, 0.4) is 0 Å². The Balaban J connectivity index is 1.41.